The van der Waals surface area contributed by atoms with Crippen LogP contribution in [0, 0.1) is 5.82 Å². The first-order valence-electron chi connectivity index (χ1n) is 6.58. The first-order chi connectivity index (χ1) is 9.22. The standard InChI is InChI=1S/C16H19FN2/c1-3-12-5-7-15(19-11-12)9-14-6-4-13(10-18-2)8-16(14)17/h4-8,11,18H,3,9-10H2,1-2H3. The summed E-state index contributed by atoms with van der Waals surface area (Å²) in [5.74, 6) is -0.158. The fourth-order valence-electron chi connectivity index (χ4n) is 2.01. The van der Waals surface area contributed by atoms with Crippen molar-refractivity contribution >= 4 is 0 Å². The molecule has 1 aromatic heterocycles. The van der Waals surface area contributed by atoms with E-state index in [1.165, 1.54) is 5.56 Å². The molecule has 0 aliphatic heterocycles. The highest BCUT2D eigenvalue weighted by Gasteiger charge is 2.05. The van der Waals surface area contributed by atoms with Crippen molar-refractivity contribution in [2.45, 2.75) is 26.3 Å². The summed E-state index contributed by atoms with van der Waals surface area (Å²) < 4.78 is 13.9. The Morgan fingerprint density at radius 1 is 1.16 bits per heavy atom. The summed E-state index contributed by atoms with van der Waals surface area (Å²) in [7, 11) is 1.85. The fourth-order valence-corrected chi connectivity index (χ4v) is 2.01. The summed E-state index contributed by atoms with van der Waals surface area (Å²) in [6.07, 6.45) is 3.37. The van der Waals surface area contributed by atoms with Crippen molar-refractivity contribution in [2.24, 2.45) is 0 Å². The van der Waals surface area contributed by atoms with Crippen LogP contribution in [0.1, 0.15) is 29.3 Å². The second-order valence-electron chi connectivity index (χ2n) is 4.64. The lowest BCUT2D eigenvalue weighted by atomic mass is 10.1. The molecular formula is C16H19FN2. The summed E-state index contributed by atoms with van der Waals surface area (Å²) >= 11 is 0. The van der Waals surface area contributed by atoms with Crippen LogP contribution < -0.4 is 5.32 Å². The fraction of sp³-hybridized carbons (Fsp3) is 0.312. The molecular weight excluding hydrogens is 239 g/mol. The van der Waals surface area contributed by atoms with Crippen LogP contribution in [0.4, 0.5) is 4.39 Å². The Labute approximate surface area is 113 Å². The van der Waals surface area contributed by atoms with E-state index in [0.717, 1.165) is 17.7 Å². The van der Waals surface area contributed by atoms with E-state index in [-0.39, 0.29) is 5.82 Å². The van der Waals surface area contributed by atoms with Crippen LogP contribution in [0.3, 0.4) is 0 Å². The van der Waals surface area contributed by atoms with E-state index >= 15 is 0 Å². The molecule has 2 aromatic rings. The van der Waals surface area contributed by atoms with Crippen molar-refractivity contribution in [3.05, 3.63) is 64.7 Å². The molecule has 0 aliphatic carbocycles. The second-order valence-corrected chi connectivity index (χ2v) is 4.64. The number of hydrogen-bond acceptors (Lipinski definition) is 2. The maximum absolute atomic E-state index is 13.9. The van der Waals surface area contributed by atoms with Crippen LogP contribution in [-0.2, 0) is 19.4 Å². The smallest absolute Gasteiger partial charge is 0.127 e. The quantitative estimate of drug-likeness (QED) is 0.891. The molecule has 2 rings (SSSR count). The Morgan fingerprint density at radius 2 is 1.95 bits per heavy atom. The molecule has 100 valence electrons. The normalized spacial score (nSPS) is 10.7. The first kappa shape index (κ1) is 13.7. The summed E-state index contributed by atoms with van der Waals surface area (Å²) in [6.45, 7) is 2.78. The van der Waals surface area contributed by atoms with Gasteiger partial charge in [0.15, 0.2) is 0 Å². The highest BCUT2D eigenvalue weighted by Crippen LogP contribution is 2.14. The van der Waals surface area contributed by atoms with Gasteiger partial charge in [-0.05, 0) is 42.3 Å². The molecule has 1 aromatic carbocycles. The van der Waals surface area contributed by atoms with E-state index in [9.17, 15) is 4.39 Å². The monoisotopic (exact) mass is 258 g/mol. The SMILES string of the molecule is CCc1ccc(Cc2ccc(CNC)cc2F)nc1. The van der Waals surface area contributed by atoms with Gasteiger partial charge in [-0.15, -0.1) is 0 Å². The van der Waals surface area contributed by atoms with Gasteiger partial charge >= 0.3 is 0 Å². The molecule has 2 nitrogen and oxygen atoms in total. The zero-order valence-electron chi connectivity index (χ0n) is 11.4. The van der Waals surface area contributed by atoms with Crippen LogP contribution in [0.15, 0.2) is 36.5 Å². The number of rotatable bonds is 5. The Morgan fingerprint density at radius 3 is 2.53 bits per heavy atom. The third kappa shape index (κ3) is 3.61. The number of nitrogens with zero attached hydrogens (tertiary/aromatic N) is 1. The Balaban J connectivity index is 2.13. The third-order valence-electron chi connectivity index (χ3n) is 3.16. The molecule has 0 spiro atoms. The molecule has 1 N–H and O–H groups in total. The first-order valence-corrected chi connectivity index (χ1v) is 6.58. The van der Waals surface area contributed by atoms with Gasteiger partial charge in [0, 0.05) is 24.9 Å². The predicted molar refractivity (Wildman–Crippen MR) is 75.6 cm³/mol. The second kappa shape index (κ2) is 6.43. The largest absolute Gasteiger partial charge is 0.316 e. The van der Waals surface area contributed by atoms with E-state index in [1.807, 2.05) is 31.4 Å². The number of hydrogen-bond donors (Lipinski definition) is 1. The van der Waals surface area contributed by atoms with E-state index in [1.54, 1.807) is 6.07 Å². The molecule has 0 fully saturated rings. The summed E-state index contributed by atoms with van der Waals surface area (Å²) in [4.78, 5) is 4.37. The van der Waals surface area contributed by atoms with Crippen molar-refractivity contribution in [1.82, 2.24) is 10.3 Å². The minimum absolute atomic E-state index is 0.158. The minimum atomic E-state index is -0.158. The molecule has 3 heteroatoms. The van der Waals surface area contributed by atoms with Gasteiger partial charge in [-0.25, -0.2) is 4.39 Å². The van der Waals surface area contributed by atoms with Gasteiger partial charge in [0.1, 0.15) is 5.82 Å². The molecule has 0 bridgehead atoms. The lowest BCUT2D eigenvalue weighted by Gasteiger charge is -2.06. The summed E-state index contributed by atoms with van der Waals surface area (Å²) in [5.41, 5.74) is 3.75. The van der Waals surface area contributed by atoms with E-state index < -0.39 is 0 Å². The Hall–Kier alpha value is -1.74. The highest BCUT2D eigenvalue weighted by molar-refractivity contribution is 5.28. The number of nitrogens with one attached hydrogen (secondary N) is 1. The van der Waals surface area contributed by atoms with Gasteiger partial charge in [0.2, 0.25) is 0 Å². The summed E-state index contributed by atoms with van der Waals surface area (Å²) in [5, 5.41) is 3.01. The highest BCUT2D eigenvalue weighted by atomic mass is 19.1. The lowest BCUT2D eigenvalue weighted by Crippen LogP contribution is -2.06. The van der Waals surface area contributed by atoms with Gasteiger partial charge in [0.25, 0.3) is 0 Å². The Kier molecular flexibility index (Phi) is 4.63. The molecule has 0 atom stereocenters. The van der Waals surface area contributed by atoms with E-state index in [0.29, 0.717) is 18.5 Å². The van der Waals surface area contributed by atoms with E-state index in [4.69, 9.17) is 0 Å². The Bertz CT molecular complexity index is 535. The van der Waals surface area contributed by atoms with Crippen LogP contribution >= 0.6 is 0 Å². The third-order valence-corrected chi connectivity index (χ3v) is 3.16. The zero-order valence-corrected chi connectivity index (χ0v) is 11.4. The van der Waals surface area contributed by atoms with Gasteiger partial charge in [-0.3, -0.25) is 4.98 Å². The van der Waals surface area contributed by atoms with Gasteiger partial charge in [-0.1, -0.05) is 25.1 Å². The molecule has 0 amide bonds. The molecule has 0 unspecified atom stereocenters. The van der Waals surface area contributed by atoms with Gasteiger partial charge in [0.05, 0.1) is 0 Å². The average molecular weight is 258 g/mol. The molecule has 1 heterocycles. The van der Waals surface area contributed by atoms with Crippen molar-refractivity contribution < 1.29 is 4.39 Å². The van der Waals surface area contributed by atoms with Crippen molar-refractivity contribution in [3.63, 3.8) is 0 Å². The topological polar surface area (TPSA) is 24.9 Å². The molecule has 19 heavy (non-hydrogen) atoms. The van der Waals surface area contributed by atoms with Crippen molar-refractivity contribution in [3.8, 4) is 0 Å². The van der Waals surface area contributed by atoms with Gasteiger partial charge in [-0.2, -0.15) is 0 Å². The number of halogens is 1. The maximum Gasteiger partial charge on any atom is 0.127 e. The van der Waals surface area contributed by atoms with E-state index in [2.05, 4.69) is 23.3 Å². The molecule has 0 saturated heterocycles. The van der Waals surface area contributed by atoms with Crippen LogP contribution in [0.2, 0.25) is 0 Å². The van der Waals surface area contributed by atoms with Crippen molar-refractivity contribution in [1.29, 1.82) is 0 Å². The number of aromatic nitrogens is 1. The van der Waals surface area contributed by atoms with Crippen molar-refractivity contribution in [2.75, 3.05) is 7.05 Å². The summed E-state index contributed by atoms with van der Waals surface area (Å²) in [6, 6.07) is 9.41. The van der Waals surface area contributed by atoms with Crippen LogP contribution in [0.5, 0.6) is 0 Å². The maximum atomic E-state index is 13.9. The van der Waals surface area contributed by atoms with Crippen LogP contribution in [0.25, 0.3) is 0 Å². The minimum Gasteiger partial charge on any atom is -0.316 e. The van der Waals surface area contributed by atoms with Crippen LogP contribution in [-0.4, -0.2) is 12.0 Å². The number of benzene rings is 1. The average Bonchev–Trinajstić information content (AvgIpc) is 2.43. The number of pyridine rings is 1. The number of aryl methyl sites for hydroxylation is 1. The van der Waals surface area contributed by atoms with Gasteiger partial charge < -0.3 is 5.32 Å². The lowest BCUT2D eigenvalue weighted by molar-refractivity contribution is 0.609. The molecule has 0 saturated carbocycles. The zero-order chi connectivity index (χ0) is 13.7. The molecule has 0 aliphatic rings. The predicted octanol–water partition coefficient (Wildman–Crippen LogP) is 3.09. The molecule has 0 radical (unpaired) electrons.